The van der Waals surface area contributed by atoms with Crippen LogP contribution in [0, 0.1) is 0 Å². The van der Waals surface area contributed by atoms with Crippen molar-refractivity contribution in [2.24, 2.45) is 0 Å². The molecule has 0 saturated carbocycles. The van der Waals surface area contributed by atoms with Crippen LogP contribution in [0.4, 0.5) is 0 Å². The summed E-state index contributed by atoms with van der Waals surface area (Å²) in [4.78, 5) is 14.2. The maximum Gasteiger partial charge on any atom is 0.181 e. The van der Waals surface area contributed by atoms with Gasteiger partial charge in [-0.1, -0.05) is 0 Å². The molecule has 11 heavy (non-hydrogen) atoms. The smallest absolute Gasteiger partial charge is 0.181 e. The number of carbonyl (C=O) groups excluding carboxylic acids is 1. The second kappa shape index (κ2) is 2.47. The van der Waals surface area contributed by atoms with Crippen LogP contribution in [0.3, 0.4) is 0 Å². The molecule has 0 amide bonds. The Hall–Kier alpha value is -1.16. The van der Waals surface area contributed by atoms with E-state index in [1.165, 1.54) is 6.39 Å². The first-order valence-electron chi connectivity index (χ1n) is 3.51. The maximum atomic E-state index is 10.4. The fraction of sp³-hybridized carbons (Fsp3) is 0.429. The lowest BCUT2D eigenvalue weighted by Crippen LogP contribution is -2.40. The summed E-state index contributed by atoms with van der Waals surface area (Å²) in [6.45, 7) is 1.77. The van der Waals surface area contributed by atoms with E-state index in [1.807, 2.05) is 0 Å². The minimum absolute atomic E-state index is 0.345. The van der Waals surface area contributed by atoms with Gasteiger partial charge < -0.3 is 9.73 Å². The van der Waals surface area contributed by atoms with Crippen molar-refractivity contribution < 1.29 is 9.21 Å². The fourth-order valence-electron chi connectivity index (χ4n) is 1.13. The summed E-state index contributed by atoms with van der Waals surface area (Å²) in [5, 5.41) is 3.10. The minimum atomic E-state index is 0.345. The molecule has 4 nitrogen and oxygen atoms in total. The van der Waals surface area contributed by atoms with E-state index in [-0.39, 0.29) is 0 Å². The third-order valence-corrected chi connectivity index (χ3v) is 1.89. The fourth-order valence-corrected chi connectivity index (χ4v) is 1.13. The lowest BCUT2D eigenvalue weighted by atomic mass is 9.99. The molecule has 58 valence electrons. The number of aldehydes is 1. The Morgan fingerprint density at radius 1 is 1.73 bits per heavy atom. The topological polar surface area (TPSA) is 55.1 Å². The van der Waals surface area contributed by atoms with Crippen molar-refractivity contribution >= 4 is 6.29 Å². The van der Waals surface area contributed by atoms with Gasteiger partial charge in [-0.3, -0.25) is 4.79 Å². The van der Waals surface area contributed by atoms with E-state index in [0.29, 0.717) is 11.6 Å². The summed E-state index contributed by atoms with van der Waals surface area (Å²) >= 11 is 0. The second-order valence-corrected chi connectivity index (χ2v) is 2.57. The predicted octanol–water partition coefficient (Wildman–Crippen LogP) is 0.174. The van der Waals surface area contributed by atoms with Gasteiger partial charge in [0, 0.05) is 19.0 Å². The normalized spacial score (nSPS) is 17.8. The lowest BCUT2D eigenvalue weighted by Gasteiger charge is -2.24. The van der Waals surface area contributed by atoms with Crippen LogP contribution in [0.25, 0.3) is 0 Å². The lowest BCUT2D eigenvalue weighted by molar-refractivity contribution is 0.111. The second-order valence-electron chi connectivity index (χ2n) is 2.57. The first-order chi connectivity index (χ1) is 5.42. The SMILES string of the molecule is O=Cc1ncoc1C1CNC1. The molecule has 0 bridgehead atoms. The van der Waals surface area contributed by atoms with Crippen LogP contribution in [0.15, 0.2) is 10.8 Å². The van der Waals surface area contributed by atoms with E-state index < -0.39 is 0 Å². The van der Waals surface area contributed by atoms with Gasteiger partial charge in [0.15, 0.2) is 12.7 Å². The molecule has 0 unspecified atom stereocenters. The van der Waals surface area contributed by atoms with Gasteiger partial charge in [-0.25, -0.2) is 4.98 Å². The van der Waals surface area contributed by atoms with Crippen LogP contribution in [-0.2, 0) is 0 Å². The minimum Gasteiger partial charge on any atom is -0.447 e. The largest absolute Gasteiger partial charge is 0.447 e. The van der Waals surface area contributed by atoms with Gasteiger partial charge in [0.25, 0.3) is 0 Å². The summed E-state index contributed by atoms with van der Waals surface area (Å²) in [6.07, 6.45) is 2.05. The van der Waals surface area contributed by atoms with Gasteiger partial charge in [0.2, 0.25) is 0 Å². The summed E-state index contributed by atoms with van der Waals surface area (Å²) < 4.78 is 5.08. The third-order valence-electron chi connectivity index (χ3n) is 1.89. The number of aromatic nitrogens is 1. The number of hydrogen-bond acceptors (Lipinski definition) is 4. The average molecular weight is 152 g/mol. The molecule has 1 aliphatic rings. The Kier molecular flexibility index (Phi) is 1.47. The number of nitrogens with one attached hydrogen (secondary N) is 1. The predicted molar refractivity (Wildman–Crippen MR) is 37.5 cm³/mol. The van der Waals surface area contributed by atoms with Gasteiger partial charge in [-0.05, 0) is 0 Å². The molecule has 0 radical (unpaired) electrons. The van der Waals surface area contributed by atoms with Gasteiger partial charge in [0.1, 0.15) is 11.5 Å². The molecular formula is C7H8N2O2. The van der Waals surface area contributed by atoms with Crippen molar-refractivity contribution in [3.05, 3.63) is 17.8 Å². The number of rotatable bonds is 2. The maximum absolute atomic E-state index is 10.4. The van der Waals surface area contributed by atoms with Crippen molar-refractivity contribution in [2.75, 3.05) is 13.1 Å². The molecule has 2 rings (SSSR count). The molecule has 0 aromatic carbocycles. The van der Waals surface area contributed by atoms with Crippen molar-refractivity contribution in [3.8, 4) is 0 Å². The summed E-state index contributed by atoms with van der Waals surface area (Å²) in [6, 6.07) is 0. The number of oxazole rings is 1. The highest BCUT2D eigenvalue weighted by atomic mass is 16.3. The van der Waals surface area contributed by atoms with Crippen LogP contribution in [0.1, 0.15) is 22.2 Å². The zero-order valence-electron chi connectivity index (χ0n) is 5.91. The van der Waals surface area contributed by atoms with E-state index >= 15 is 0 Å². The van der Waals surface area contributed by atoms with E-state index in [0.717, 1.165) is 25.1 Å². The molecule has 0 spiro atoms. The van der Waals surface area contributed by atoms with E-state index in [2.05, 4.69) is 10.3 Å². The zero-order valence-corrected chi connectivity index (χ0v) is 5.91. The van der Waals surface area contributed by atoms with Crippen molar-refractivity contribution in [2.45, 2.75) is 5.92 Å². The molecule has 1 N–H and O–H groups in total. The van der Waals surface area contributed by atoms with Crippen LogP contribution in [0.5, 0.6) is 0 Å². The molecule has 1 aliphatic heterocycles. The zero-order chi connectivity index (χ0) is 7.68. The highest BCUT2D eigenvalue weighted by molar-refractivity contribution is 5.73. The average Bonchev–Trinajstić information content (AvgIpc) is 2.32. The molecule has 0 aliphatic carbocycles. The molecule has 1 fully saturated rings. The van der Waals surface area contributed by atoms with Gasteiger partial charge in [0.05, 0.1) is 0 Å². The number of carbonyl (C=O) groups is 1. The van der Waals surface area contributed by atoms with Crippen LogP contribution >= 0.6 is 0 Å². The van der Waals surface area contributed by atoms with Crippen LogP contribution in [0.2, 0.25) is 0 Å². The van der Waals surface area contributed by atoms with Crippen LogP contribution in [-0.4, -0.2) is 24.4 Å². The molecule has 1 saturated heterocycles. The van der Waals surface area contributed by atoms with Crippen molar-refractivity contribution in [1.29, 1.82) is 0 Å². The molecular weight excluding hydrogens is 144 g/mol. The van der Waals surface area contributed by atoms with Crippen LogP contribution < -0.4 is 5.32 Å². The molecule has 1 aromatic heterocycles. The number of hydrogen-bond donors (Lipinski definition) is 1. The molecule has 1 aromatic rings. The quantitative estimate of drug-likeness (QED) is 0.614. The first-order valence-corrected chi connectivity index (χ1v) is 3.51. The highest BCUT2D eigenvalue weighted by Crippen LogP contribution is 2.21. The third kappa shape index (κ3) is 0.952. The summed E-state index contributed by atoms with van der Waals surface area (Å²) in [7, 11) is 0. The van der Waals surface area contributed by atoms with Crippen molar-refractivity contribution in [3.63, 3.8) is 0 Å². The Morgan fingerprint density at radius 3 is 3.09 bits per heavy atom. The highest BCUT2D eigenvalue weighted by Gasteiger charge is 2.25. The summed E-state index contributed by atoms with van der Waals surface area (Å²) in [5.74, 6) is 1.07. The standard InChI is InChI=1S/C7H8N2O2/c10-3-6-7(11-4-9-6)5-1-8-2-5/h3-5,8H,1-2H2. The molecule has 2 heterocycles. The summed E-state index contributed by atoms with van der Waals surface area (Å²) in [5.41, 5.74) is 0.441. The van der Waals surface area contributed by atoms with E-state index in [4.69, 9.17) is 4.42 Å². The van der Waals surface area contributed by atoms with Crippen molar-refractivity contribution in [1.82, 2.24) is 10.3 Å². The molecule has 0 atom stereocenters. The number of nitrogens with zero attached hydrogens (tertiary/aromatic N) is 1. The first kappa shape index (κ1) is 6.54. The molecule has 4 heteroatoms. The Labute approximate surface area is 63.6 Å². The Morgan fingerprint density at radius 2 is 2.55 bits per heavy atom. The monoisotopic (exact) mass is 152 g/mol. The van der Waals surface area contributed by atoms with E-state index in [1.54, 1.807) is 0 Å². The Bertz CT molecular complexity index is 265. The Balaban J connectivity index is 2.27. The van der Waals surface area contributed by atoms with E-state index in [9.17, 15) is 4.79 Å². The van der Waals surface area contributed by atoms with Gasteiger partial charge >= 0.3 is 0 Å². The van der Waals surface area contributed by atoms with Gasteiger partial charge in [-0.15, -0.1) is 0 Å². The van der Waals surface area contributed by atoms with Gasteiger partial charge in [-0.2, -0.15) is 0 Å².